The predicted molar refractivity (Wildman–Crippen MR) is 34.4 cm³/mol. The van der Waals surface area contributed by atoms with Crippen LogP contribution in [0.4, 0.5) is 0 Å². The lowest BCUT2D eigenvalue weighted by atomic mass is 10.6. The van der Waals surface area contributed by atoms with E-state index in [1.807, 2.05) is 11.2 Å². The third-order valence-electron chi connectivity index (χ3n) is 0.614. The van der Waals surface area contributed by atoms with E-state index >= 15 is 0 Å². The largest absolute Gasteiger partial charge is 0.162 e. The fourth-order valence-electron chi connectivity index (χ4n) is 0.346. The molecule has 0 radical (unpaired) electrons. The van der Waals surface area contributed by atoms with Crippen LogP contribution in [0.5, 0.6) is 0 Å². The Hall–Kier alpha value is 0.0469. The van der Waals surface area contributed by atoms with Crippen LogP contribution < -0.4 is 0 Å². The van der Waals surface area contributed by atoms with Gasteiger partial charge in [0, 0.05) is 0 Å². The Bertz CT molecular complexity index is 73.5. The van der Waals surface area contributed by atoms with Gasteiger partial charge in [-0.3, -0.25) is 0 Å². The van der Waals surface area contributed by atoms with E-state index in [0.717, 1.165) is 0 Å². The average molecular weight is 114 g/mol. The van der Waals surface area contributed by atoms with Crippen molar-refractivity contribution in [2.45, 2.75) is 0 Å². The summed E-state index contributed by atoms with van der Waals surface area (Å²) in [5.41, 5.74) is 2.28. The lowest BCUT2D eigenvalue weighted by molar-refractivity contribution is 2.08. The van der Waals surface area contributed by atoms with Crippen molar-refractivity contribution in [1.82, 2.24) is 0 Å². The molecule has 0 amide bonds. The maximum absolute atomic E-state index is 2.28. The maximum Gasteiger partial charge on any atom is 0.114 e. The minimum absolute atomic E-state index is 0.158. The zero-order valence-corrected chi connectivity index (χ0v) is 5.66. The second kappa shape index (κ2) is 2.26. The first-order valence-corrected chi connectivity index (χ1v) is 5.53. The van der Waals surface area contributed by atoms with Crippen molar-refractivity contribution in [2.24, 2.45) is 0 Å². The summed E-state index contributed by atoms with van der Waals surface area (Å²) in [6.07, 6.45) is 4.21. The van der Waals surface area contributed by atoms with Gasteiger partial charge in [0.15, 0.2) is 0 Å². The van der Waals surface area contributed by atoms with E-state index in [1.165, 1.54) is 0 Å². The van der Waals surface area contributed by atoms with Crippen LogP contribution in [0.3, 0.4) is 0 Å². The van der Waals surface area contributed by atoms with E-state index in [0.29, 0.717) is 0 Å². The fraction of sp³-hybridized carbons (Fsp3) is 0. The third kappa shape index (κ3) is 1.03. The molecule has 0 atom stereocenters. The molecule has 0 aromatic carbocycles. The first kappa shape index (κ1) is 4.21. The van der Waals surface area contributed by atoms with Crippen molar-refractivity contribution in [1.29, 1.82) is 0 Å². The van der Waals surface area contributed by atoms with Gasteiger partial charge in [0.2, 0.25) is 0 Å². The highest BCUT2D eigenvalue weighted by Crippen LogP contribution is 2.03. The normalized spacial score (nSPS) is 22.7. The molecule has 0 N–H and O–H groups in total. The molecule has 0 bridgehead atoms. The smallest absolute Gasteiger partial charge is 0.114 e. The zero-order valence-electron chi connectivity index (χ0n) is 3.42. The highest BCUT2D eigenvalue weighted by molar-refractivity contribution is 8.25. The predicted octanol–water partition coefficient (Wildman–Crippen LogP) is 0.844. The van der Waals surface area contributed by atoms with Gasteiger partial charge in [-0.25, -0.2) is 0 Å². The van der Waals surface area contributed by atoms with Crippen LogP contribution in [-0.2, 0) is 0 Å². The van der Waals surface area contributed by atoms with Crippen LogP contribution in [0.2, 0.25) is 0 Å². The maximum atomic E-state index is 2.28. The SMILES string of the molecule is C1=C[SiH2]SC=C1. The van der Waals surface area contributed by atoms with Crippen molar-refractivity contribution < 1.29 is 0 Å². The van der Waals surface area contributed by atoms with Crippen molar-refractivity contribution in [3.05, 3.63) is 23.3 Å². The Morgan fingerprint density at radius 3 is 2.50 bits per heavy atom. The Balaban J connectivity index is 2.46. The summed E-state index contributed by atoms with van der Waals surface area (Å²) >= 11 is 1.97. The van der Waals surface area contributed by atoms with Crippen LogP contribution >= 0.6 is 11.2 Å². The fourth-order valence-corrected chi connectivity index (χ4v) is 2.37. The lowest BCUT2D eigenvalue weighted by Gasteiger charge is -1.87. The molecule has 0 aromatic heterocycles. The summed E-state index contributed by atoms with van der Waals surface area (Å²) in [4.78, 5) is 0. The third-order valence-corrected chi connectivity index (χ3v) is 3.35. The highest BCUT2D eigenvalue weighted by atomic mass is 32.4. The minimum atomic E-state index is 0.158. The highest BCUT2D eigenvalue weighted by Gasteiger charge is 1.78. The molecule has 0 saturated carbocycles. The standard InChI is InChI=1S/C4H6SSi/c1-2-4-6-5-3-1/h1-4H,6H2. The van der Waals surface area contributed by atoms with Gasteiger partial charge in [-0.15, -0.1) is 0 Å². The second-order valence-electron chi connectivity index (χ2n) is 1.09. The van der Waals surface area contributed by atoms with E-state index < -0.39 is 0 Å². The molecule has 0 fully saturated rings. The van der Waals surface area contributed by atoms with Gasteiger partial charge in [0.25, 0.3) is 0 Å². The molecule has 1 heterocycles. The molecule has 2 heteroatoms. The van der Waals surface area contributed by atoms with Crippen molar-refractivity contribution in [2.75, 3.05) is 0 Å². The average Bonchev–Trinajstić information content (AvgIpc) is 1.72. The first-order valence-electron chi connectivity index (χ1n) is 1.93. The number of hydrogen-bond donors (Lipinski definition) is 0. The molecule has 0 unspecified atom stereocenters. The van der Waals surface area contributed by atoms with Crippen LogP contribution in [0.25, 0.3) is 0 Å². The van der Waals surface area contributed by atoms with E-state index in [9.17, 15) is 0 Å². The summed E-state index contributed by atoms with van der Waals surface area (Å²) in [5.74, 6) is 0. The van der Waals surface area contributed by atoms with E-state index in [-0.39, 0.29) is 8.67 Å². The summed E-state index contributed by atoms with van der Waals surface area (Å²) in [6.45, 7) is 0. The van der Waals surface area contributed by atoms with Crippen molar-refractivity contribution in [3.63, 3.8) is 0 Å². The monoisotopic (exact) mass is 114 g/mol. The van der Waals surface area contributed by atoms with Gasteiger partial charge in [0.1, 0.15) is 8.67 Å². The zero-order chi connectivity index (χ0) is 4.24. The molecule has 0 saturated heterocycles. The molecule has 6 heavy (non-hydrogen) atoms. The lowest BCUT2D eigenvalue weighted by Crippen LogP contribution is -1.73. The van der Waals surface area contributed by atoms with Gasteiger partial charge in [0.05, 0.1) is 0 Å². The second-order valence-corrected chi connectivity index (χ2v) is 4.50. The van der Waals surface area contributed by atoms with E-state index in [2.05, 4.69) is 23.3 Å². The van der Waals surface area contributed by atoms with E-state index in [1.54, 1.807) is 0 Å². The quantitative estimate of drug-likeness (QED) is 0.421. The molecule has 0 nitrogen and oxygen atoms in total. The molecule has 1 aliphatic rings. The molecular weight excluding hydrogens is 108 g/mol. The van der Waals surface area contributed by atoms with Crippen molar-refractivity contribution >= 4 is 19.9 Å². The van der Waals surface area contributed by atoms with Crippen LogP contribution in [0.15, 0.2) is 23.3 Å². The molecule has 0 aliphatic carbocycles. The van der Waals surface area contributed by atoms with Crippen LogP contribution in [-0.4, -0.2) is 8.67 Å². The van der Waals surface area contributed by atoms with Gasteiger partial charge >= 0.3 is 0 Å². The van der Waals surface area contributed by atoms with Crippen LogP contribution in [0, 0.1) is 0 Å². The Labute approximate surface area is 43.8 Å². The molecule has 32 valence electrons. The minimum Gasteiger partial charge on any atom is -0.162 e. The summed E-state index contributed by atoms with van der Waals surface area (Å²) in [7, 11) is 0.158. The van der Waals surface area contributed by atoms with Gasteiger partial charge in [-0.05, 0) is 5.41 Å². The molecule has 1 rings (SSSR count). The Kier molecular flexibility index (Phi) is 1.59. The van der Waals surface area contributed by atoms with Gasteiger partial charge in [-0.1, -0.05) is 17.9 Å². The topological polar surface area (TPSA) is 0 Å². The van der Waals surface area contributed by atoms with E-state index in [4.69, 9.17) is 0 Å². The molecular formula is C4H6SSi. The number of allylic oxidation sites excluding steroid dienone is 2. The van der Waals surface area contributed by atoms with Gasteiger partial charge in [-0.2, -0.15) is 11.2 Å². The Morgan fingerprint density at radius 1 is 1.33 bits per heavy atom. The summed E-state index contributed by atoms with van der Waals surface area (Å²) in [6, 6.07) is 0. The first-order chi connectivity index (χ1) is 3.00. The molecule has 0 spiro atoms. The molecule has 0 aromatic rings. The summed E-state index contributed by atoms with van der Waals surface area (Å²) < 4.78 is 0. The molecule has 1 aliphatic heterocycles. The van der Waals surface area contributed by atoms with Crippen molar-refractivity contribution in [3.8, 4) is 0 Å². The number of hydrogen-bond acceptors (Lipinski definition) is 1. The van der Waals surface area contributed by atoms with Crippen LogP contribution in [0.1, 0.15) is 0 Å². The van der Waals surface area contributed by atoms with Gasteiger partial charge < -0.3 is 0 Å². The Morgan fingerprint density at radius 2 is 2.33 bits per heavy atom. The summed E-state index contributed by atoms with van der Waals surface area (Å²) in [5, 5.41) is 2.16. The number of rotatable bonds is 0.